The molecule has 1 rings (SSSR count). The van der Waals surface area contributed by atoms with Crippen molar-refractivity contribution in [2.75, 3.05) is 14.2 Å². The van der Waals surface area contributed by atoms with Crippen molar-refractivity contribution < 1.29 is 9.47 Å². The van der Waals surface area contributed by atoms with E-state index in [2.05, 4.69) is 25.1 Å². The molecule has 0 aliphatic carbocycles. The molecular formula is C25H42O2. The summed E-state index contributed by atoms with van der Waals surface area (Å²) in [4.78, 5) is 0. The zero-order chi connectivity index (χ0) is 19.6. The quantitative estimate of drug-likeness (QED) is 0.256. The molecule has 0 unspecified atom stereocenters. The lowest BCUT2D eigenvalue weighted by molar-refractivity contribution is 0.354. The molecule has 2 nitrogen and oxygen atoms in total. The Labute approximate surface area is 168 Å². The number of allylic oxidation sites excluding steroid dienone is 1. The first kappa shape index (κ1) is 23.6. The smallest absolute Gasteiger partial charge is 0.167 e. The maximum Gasteiger partial charge on any atom is 0.167 e. The Morgan fingerprint density at radius 1 is 0.704 bits per heavy atom. The van der Waals surface area contributed by atoms with Crippen LogP contribution in [0.15, 0.2) is 24.3 Å². The summed E-state index contributed by atoms with van der Waals surface area (Å²) in [7, 11) is 3.38. The summed E-state index contributed by atoms with van der Waals surface area (Å²) in [6.07, 6.45) is 23.8. The molecule has 0 N–H and O–H groups in total. The molecular weight excluding hydrogens is 332 g/mol. The van der Waals surface area contributed by atoms with Crippen molar-refractivity contribution >= 4 is 6.08 Å². The highest BCUT2D eigenvalue weighted by Crippen LogP contribution is 2.31. The van der Waals surface area contributed by atoms with Gasteiger partial charge in [0.05, 0.1) is 14.2 Å². The van der Waals surface area contributed by atoms with E-state index in [9.17, 15) is 0 Å². The van der Waals surface area contributed by atoms with Gasteiger partial charge in [-0.3, -0.25) is 0 Å². The lowest BCUT2D eigenvalue weighted by Gasteiger charge is -2.09. The van der Waals surface area contributed by atoms with Gasteiger partial charge in [0.2, 0.25) is 0 Å². The van der Waals surface area contributed by atoms with E-state index >= 15 is 0 Å². The molecule has 0 heterocycles. The van der Waals surface area contributed by atoms with Gasteiger partial charge in [0.25, 0.3) is 0 Å². The minimum atomic E-state index is 0.792. The second-order valence-corrected chi connectivity index (χ2v) is 7.52. The van der Waals surface area contributed by atoms with Gasteiger partial charge in [0, 0.05) is 5.56 Å². The number of hydrogen-bond acceptors (Lipinski definition) is 2. The lowest BCUT2D eigenvalue weighted by atomic mass is 10.0. The average molecular weight is 375 g/mol. The molecule has 1 aromatic rings. The molecule has 2 heteroatoms. The summed E-state index contributed by atoms with van der Waals surface area (Å²) < 4.78 is 10.8. The third-order valence-corrected chi connectivity index (χ3v) is 5.21. The van der Waals surface area contributed by atoms with Crippen LogP contribution in [-0.4, -0.2) is 14.2 Å². The summed E-state index contributed by atoms with van der Waals surface area (Å²) >= 11 is 0. The number of methoxy groups -OCH3 is 2. The average Bonchev–Trinajstić information content (AvgIpc) is 2.70. The van der Waals surface area contributed by atoms with Crippen molar-refractivity contribution in [1.29, 1.82) is 0 Å². The third-order valence-electron chi connectivity index (χ3n) is 5.21. The van der Waals surface area contributed by atoms with Crippen LogP contribution in [-0.2, 0) is 0 Å². The Morgan fingerprint density at radius 2 is 1.26 bits per heavy atom. The van der Waals surface area contributed by atoms with Crippen molar-refractivity contribution in [3.63, 3.8) is 0 Å². The van der Waals surface area contributed by atoms with E-state index in [1.54, 1.807) is 14.2 Å². The highest BCUT2D eigenvalue weighted by molar-refractivity contribution is 5.62. The summed E-state index contributed by atoms with van der Waals surface area (Å²) in [6.45, 7) is 2.29. The monoisotopic (exact) mass is 374 g/mol. The van der Waals surface area contributed by atoms with E-state index in [0.29, 0.717) is 0 Å². The Bertz CT molecular complexity index is 493. The van der Waals surface area contributed by atoms with Gasteiger partial charge in [0.15, 0.2) is 11.5 Å². The number of rotatable bonds is 17. The standard InChI is InChI=1S/C25H42O2/c1-4-5-6-7-8-9-10-11-12-13-14-15-16-17-18-20-23-21-19-22-24(26-2)25(23)27-3/h18-22H,4-17H2,1-3H3. The van der Waals surface area contributed by atoms with Crippen molar-refractivity contribution in [2.45, 2.75) is 96.8 Å². The van der Waals surface area contributed by atoms with Crippen LogP contribution >= 0.6 is 0 Å². The predicted molar refractivity (Wildman–Crippen MR) is 119 cm³/mol. The number of para-hydroxylation sites is 1. The summed E-state index contributed by atoms with van der Waals surface area (Å²) in [5, 5.41) is 0. The second kappa shape index (κ2) is 16.7. The Hall–Kier alpha value is -1.44. The molecule has 27 heavy (non-hydrogen) atoms. The van der Waals surface area contributed by atoms with Gasteiger partial charge < -0.3 is 9.47 Å². The molecule has 0 radical (unpaired) electrons. The van der Waals surface area contributed by atoms with Gasteiger partial charge in [-0.2, -0.15) is 0 Å². The van der Waals surface area contributed by atoms with Gasteiger partial charge in [-0.1, -0.05) is 108 Å². The fourth-order valence-electron chi connectivity index (χ4n) is 3.53. The number of ether oxygens (including phenoxy) is 2. The maximum atomic E-state index is 5.47. The van der Waals surface area contributed by atoms with Crippen molar-refractivity contribution in [3.8, 4) is 11.5 Å². The molecule has 0 aliphatic rings. The van der Waals surface area contributed by atoms with Crippen molar-refractivity contribution in [1.82, 2.24) is 0 Å². The zero-order valence-corrected chi connectivity index (χ0v) is 18.1. The molecule has 0 fully saturated rings. The van der Waals surface area contributed by atoms with Gasteiger partial charge in [0.1, 0.15) is 0 Å². The number of hydrogen-bond donors (Lipinski definition) is 0. The Balaban J connectivity index is 2.00. The molecule has 1 aromatic carbocycles. The van der Waals surface area contributed by atoms with Crippen molar-refractivity contribution in [2.24, 2.45) is 0 Å². The molecule has 0 aromatic heterocycles. The molecule has 0 saturated heterocycles. The van der Waals surface area contributed by atoms with Crippen LogP contribution in [0, 0.1) is 0 Å². The molecule has 0 aliphatic heterocycles. The van der Waals surface area contributed by atoms with Crippen LogP contribution in [0.5, 0.6) is 11.5 Å². The van der Waals surface area contributed by atoms with Crippen LogP contribution in [0.2, 0.25) is 0 Å². The largest absolute Gasteiger partial charge is 0.493 e. The van der Waals surface area contributed by atoms with Crippen molar-refractivity contribution in [3.05, 3.63) is 29.8 Å². The lowest BCUT2D eigenvalue weighted by Crippen LogP contribution is -1.92. The molecule has 0 amide bonds. The zero-order valence-electron chi connectivity index (χ0n) is 18.1. The van der Waals surface area contributed by atoms with Crippen LogP contribution in [0.4, 0.5) is 0 Å². The predicted octanol–water partition coefficient (Wildman–Crippen LogP) is 8.20. The van der Waals surface area contributed by atoms with E-state index in [1.165, 1.54) is 83.5 Å². The molecule has 154 valence electrons. The maximum absolute atomic E-state index is 5.47. The van der Waals surface area contributed by atoms with Gasteiger partial charge >= 0.3 is 0 Å². The van der Waals surface area contributed by atoms with E-state index in [0.717, 1.165) is 23.5 Å². The first-order chi connectivity index (χ1) is 13.3. The normalized spacial score (nSPS) is 11.2. The second-order valence-electron chi connectivity index (χ2n) is 7.52. The number of unbranched alkanes of at least 4 members (excludes halogenated alkanes) is 13. The van der Waals surface area contributed by atoms with Crippen LogP contribution < -0.4 is 9.47 Å². The topological polar surface area (TPSA) is 18.5 Å². The highest BCUT2D eigenvalue weighted by atomic mass is 16.5. The Morgan fingerprint density at radius 3 is 1.78 bits per heavy atom. The van der Waals surface area contributed by atoms with Crippen LogP contribution in [0.3, 0.4) is 0 Å². The fraction of sp³-hybridized carbons (Fsp3) is 0.680. The van der Waals surface area contributed by atoms with Crippen LogP contribution in [0.25, 0.3) is 6.08 Å². The van der Waals surface area contributed by atoms with E-state index in [1.807, 2.05) is 12.1 Å². The molecule has 0 atom stereocenters. The molecule has 0 saturated carbocycles. The summed E-state index contributed by atoms with van der Waals surface area (Å²) in [5.74, 6) is 1.61. The minimum Gasteiger partial charge on any atom is -0.493 e. The number of benzene rings is 1. The van der Waals surface area contributed by atoms with E-state index in [-0.39, 0.29) is 0 Å². The first-order valence-corrected chi connectivity index (χ1v) is 11.2. The molecule has 0 spiro atoms. The van der Waals surface area contributed by atoms with Crippen LogP contribution in [0.1, 0.15) is 102 Å². The Kier molecular flexibility index (Phi) is 14.6. The van der Waals surface area contributed by atoms with Gasteiger partial charge in [-0.15, -0.1) is 0 Å². The summed E-state index contributed by atoms with van der Waals surface area (Å²) in [6, 6.07) is 6.01. The molecule has 0 bridgehead atoms. The van der Waals surface area contributed by atoms with E-state index in [4.69, 9.17) is 9.47 Å². The van der Waals surface area contributed by atoms with Gasteiger partial charge in [-0.05, 0) is 18.9 Å². The van der Waals surface area contributed by atoms with Gasteiger partial charge in [-0.25, -0.2) is 0 Å². The fourth-order valence-corrected chi connectivity index (χ4v) is 3.53. The SMILES string of the molecule is CCCCCCCCCCCCCCCC=Cc1cccc(OC)c1OC. The summed E-state index contributed by atoms with van der Waals surface area (Å²) in [5.41, 5.74) is 1.09. The first-order valence-electron chi connectivity index (χ1n) is 11.2. The third kappa shape index (κ3) is 11.1. The van der Waals surface area contributed by atoms with E-state index < -0.39 is 0 Å². The minimum absolute atomic E-state index is 0.792. The highest BCUT2D eigenvalue weighted by Gasteiger charge is 2.06.